The first-order valence-corrected chi connectivity index (χ1v) is 13.0. The number of carbonyl (C=O) groups excluding carboxylic acids is 2. The summed E-state index contributed by atoms with van der Waals surface area (Å²) in [4.78, 5) is 23.6. The zero-order chi connectivity index (χ0) is 31.2. The van der Waals surface area contributed by atoms with Gasteiger partial charge in [-0.25, -0.2) is 14.0 Å². The summed E-state index contributed by atoms with van der Waals surface area (Å²) in [5, 5.41) is -5.79. The molecule has 1 aliphatic heterocycles. The molecular formula is C20H19F11O9S. The number of esters is 2. The largest absolute Gasteiger partial charge is 0.460 e. The van der Waals surface area contributed by atoms with Crippen molar-refractivity contribution in [2.24, 2.45) is 17.8 Å². The Morgan fingerprint density at radius 3 is 1.85 bits per heavy atom. The number of hydrogen-bond acceptors (Lipinski definition) is 8. The Bertz CT molecular complexity index is 1190. The molecule has 4 aliphatic carbocycles. The first kappa shape index (κ1) is 31.9. The maximum atomic E-state index is 14.5. The van der Waals surface area contributed by atoms with Crippen molar-refractivity contribution in [2.75, 3.05) is 13.2 Å². The lowest BCUT2D eigenvalue weighted by atomic mass is 9.51. The Morgan fingerprint density at radius 1 is 0.854 bits per heavy atom. The van der Waals surface area contributed by atoms with Crippen LogP contribution in [0.3, 0.4) is 0 Å². The van der Waals surface area contributed by atoms with Crippen molar-refractivity contribution in [1.82, 2.24) is 0 Å². The van der Waals surface area contributed by atoms with Gasteiger partial charge in [0, 0.05) is 11.8 Å². The first-order chi connectivity index (χ1) is 18.3. The van der Waals surface area contributed by atoms with Crippen LogP contribution < -0.4 is 0 Å². The molecule has 236 valence electrons. The van der Waals surface area contributed by atoms with Gasteiger partial charge in [0.15, 0.2) is 5.79 Å². The first-order valence-electron chi connectivity index (χ1n) is 11.6. The maximum Gasteiger partial charge on any atom is 0.460 e. The van der Waals surface area contributed by atoms with Gasteiger partial charge in [-0.15, -0.1) is 0 Å². The van der Waals surface area contributed by atoms with Crippen LogP contribution in [0.1, 0.15) is 32.1 Å². The summed E-state index contributed by atoms with van der Waals surface area (Å²) in [5.74, 6) is -22.9. The second-order valence-electron chi connectivity index (χ2n) is 10.5. The Kier molecular flexibility index (Phi) is 7.20. The highest BCUT2D eigenvalue weighted by Crippen LogP contribution is 2.64. The lowest BCUT2D eigenvalue weighted by Gasteiger charge is -2.62. The van der Waals surface area contributed by atoms with E-state index >= 15 is 0 Å². The normalized spacial score (nSPS) is 35.4. The molecule has 1 spiro atoms. The van der Waals surface area contributed by atoms with E-state index in [1.165, 1.54) is 0 Å². The monoisotopic (exact) mass is 644 g/mol. The van der Waals surface area contributed by atoms with E-state index in [1.807, 2.05) is 0 Å². The van der Waals surface area contributed by atoms with E-state index in [2.05, 4.69) is 4.74 Å². The van der Waals surface area contributed by atoms with Gasteiger partial charge in [-0.2, -0.15) is 52.3 Å². The molecule has 5 fully saturated rings. The van der Waals surface area contributed by atoms with Gasteiger partial charge in [-0.3, -0.25) is 4.55 Å². The number of rotatable bonds is 7. The third kappa shape index (κ3) is 4.73. The molecule has 21 heteroatoms. The number of carbonyl (C=O) groups is 2. The van der Waals surface area contributed by atoms with Crippen LogP contribution in [-0.4, -0.2) is 84.8 Å². The number of hydrogen-bond donors (Lipinski definition) is 1. The molecule has 4 atom stereocenters. The minimum absolute atomic E-state index is 0.120. The summed E-state index contributed by atoms with van der Waals surface area (Å²) in [6.07, 6.45) is -15.1. The molecule has 0 aromatic heterocycles. The molecule has 5 rings (SSSR count). The van der Waals surface area contributed by atoms with Crippen LogP contribution in [0.2, 0.25) is 0 Å². The molecule has 4 unspecified atom stereocenters. The van der Waals surface area contributed by atoms with Gasteiger partial charge < -0.3 is 18.9 Å². The fourth-order valence-electron chi connectivity index (χ4n) is 6.24. The minimum atomic E-state index is -6.78. The van der Waals surface area contributed by atoms with Crippen LogP contribution in [0, 0.1) is 17.8 Å². The molecule has 5 aliphatic rings. The van der Waals surface area contributed by atoms with E-state index in [0.29, 0.717) is 0 Å². The third-order valence-corrected chi connectivity index (χ3v) is 8.92. The summed E-state index contributed by atoms with van der Waals surface area (Å²) in [5.41, 5.74) is -1.85. The van der Waals surface area contributed by atoms with Crippen LogP contribution in [0.5, 0.6) is 0 Å². The molecule has 0 amide bonds. The Morgan fingerprint density at radius 2 is 1.39 bits per heavy atom. The zero-order valence-corrected chi connectivity index (χ0v) is 20.9. The van der Waals surface area contributed by atoms with Crippen molar-refractivity contribution in [1.29, 1.82) is 0 Å². The van der Waals surface area contributed by atoms with Crippen molar-refractivity contribution >= 4 is 22.1 Å². The van der Waals surface area contributed by atoms with Crippen molar-refractivity contribution in [2.45, 2.75) is 78.8 Å². The van der Waals surface area contributed by atoms with E-state index < -0.39 is 93.8 Å². The SMILES string of the molecule is O=C(OCC1COC2(O1)C1CC3CC2CC(OC(=O)C(F)(C(F)(F)F)S(=O)(=O)O)(C3)C1)C(F)(F)C(F)(F)C(F)(F)F. The molecule has 4 saturated carbocycles. The molecule has 9 nitrogen and oxygen atoms in total. The van der Waals surface area contributed by atoms with E-state index in [9.17, 15) is 66.3 Å². The summed E-state index contributed by atoms with van der Waals surface area (Å²) in [6.45, 7) is -1.80. The van der Waals surface area contributed by atoms with Crippen LogP contribution in [0.25, 0.3) is 0 Å². The van der Waals surface area contributed by atoms with E-state index in [-0.39, 0.29) is 38.0 Å². The fourth-order valence-corrected chi connectivity index (χ4v) is 6.78. The van der Waals surface area contributed by atoms with Crippen molar-refractivity contribution in [3.05, 3.63) is 0 Å². The van der Waals surface area contributed by atoms with E-state index in [0.717, 1.165) is 0 Å². The molecule has 41 heavy (non-hydrogen) atoms. The highest BCUT2D eigenvalue weighted by Gasteiger charge is 2.78. The second kappa shape index (κ2) is 9.25. The standard InChI is InChI=1S/C20H19F11O9S/c21-16(22,18(24,25)20(29,30)31)12(32)37-6-11-7-38-15(39-11)9-1-8-2-10(15)5-14(3-8,4-9)40-13(33)17(23,19(26,27)28)41(34,35)36/h8-11H,1-7H2,(H,34,35,36). The minimum Gasteiger partial charge on any atom is -0.458 e. The van der Waals surface area contributed by atoms with Crippen molar-refractivity contribution in [3.8, 4) is 0 Å². The van der Waals surface area contributed by atoms with Gasteiger partial charge >= 0.3 is 51.3 Å². The molecule has 1 N–H and O–H groups in total. The fraction of sp³-hybridized carbons (Fsp3) is 0.900. The van der Waals surface area contributed by atoms with Gasteiger partial charge in [0.2, 0.25) is 0 Å². The summed E-state index contributed by atoms with van der Waals surface area (Å²) in [7, 11) is -6.70. The predicted octanol–water partition coefficient (Wildman–Crippen LogP) is 3.71. The second-order valence-corrected chi connectivity index (χ2v) is 12.0. The number of alkyl halides is 11. The van der Waals surface area contributed by atoms with Crippen LogP contribution >= 0.6 is 0 Å². The topological polar surface area (TPSA) is 125 Å². The average molecular weight is 644 g/mol. The quantitative estimate of drug-likeness (QED) is 0.251. The summed E-state index contributed by atoms with van der Waals surface area (Å²) in [6, 6.07) is 0. The van der Waals surface area contributed by atoms with Crippen LogP contribution in [0.15, 0.2) is 0 Å². The molecule has 0 radical (unpaired) electrons. The van der Waals surface area contributed by atoms with Gasteiger partial charge in [0.25, 0.3) is 0 Å². The van der Waals surface area contributed by atoms with Gasteiger partial charge in [0.1, 0.15) is 18.3 Å². The highest BCUT2D eigenvalue weighted by atomic mass is 32.2. The molecule has 0 aromatic rings. The Hall–Kier alpha value is -2.00. The van der Waals surface area contributed by atoms with Gasteiger partial charge in [0.05, 0.1) is 6.61 Å². The molecule has 1 saturated heterocycles. The summed E-state index contributed by atoms with van der Waals surface area (Å²) >= 11 is 0. The molecule has 1 heterocycles. The lowest BCUT2D eigenvalue weighted by Crippen LogP contribution is -2.66. The number of halogens is 11. The van der Waals surface area contributed by atoms with E-state index in [1.54, 1.807) is 0 Å². The maximum absolute atomic E-state index is 14.5. The van der Waals surface area contributed by atoms with Crippen molar-refractivity contribution in [3.63, 3.8) is 0 Å². The Labute approximate surface area is 222 Å². The summed E-state index contributed by atoms with van der Waals surface area (Å²) < 4.78 is 195. The molecular weight excluding hydrogens is 625 g/mol. The van der Waals surface area contributed by atoms with E-state index in [4.69, 9.17) is 18.8 Å². The smallest absolute Gasteiger partial charge is 0.458 e. The van der Waals surface area contributed by atoms with Gasteiger partial charge in [-0.1, -0.05) is 0 Å². The number of ether oxygens (including phenoxy) is 4. The third-order valence-electron chi connectivity index (χ3n) is 7.82. The zero-order valence-electron chi connectivity index (χ0n) is 20.0. The highest BCUT2D eigenvalue weighted by molar-refractivity contribution is 7.88. The van der Waals surface area contributed by atoms with Crippen molar-refractivity contribution < 1.29 is 89.8 Å². The van der Waals surface area contributed by atoms with Crippen LogP contribution in [-0.2, 0) is 38.7 Å². The molecule has 0 aromatic carbocycles. The molecule has 4 bridgehead atoms. The predicted molar refractivity (Wildman–Crippen MR) is 104 cm³/mol. The lowest BCUT2D eigenvalue weighted by molar-refractivity contribution is -0.349. The van der Waals surface area contributed by atoms with Crippen LogP contribution in [0.4, 0.5) is 48.3 Å². The Balaban J connectivity index is 1.46. The van der Waals surface area contributed by atoms with Gasteiger partial charge in [-0.05, 0) is 38.0 Å². The average Bonchev–Trinajstić information content (AvgIpc) is 3.22.